The molecule has 0 radical (unpaired) electrons. The van der Waals surface area contributed by atoms with Crippen LogP contribution in [0.4, 0.5) is 17.2 Å². The minimum Gasteiger partial charge on any atom is -0.378 e. The SMILES string of the molecule is O=C(c1cnc(NCCNc2ccccc2[N+](=O)[O-])c(Cl)c1)N1CCCCC1. The Hall–Kier alpha value is -2.87. The zero-order valence-corrected chi connectivity index (χ0v) is 16.1. The third kappa shape index (κ3) is 4.89. The number of benzene rings is 1. The van der Waals surface area contributed by atoms with E-state index in [-0.39, 0.29) is 11.6 Å². The molecule has 1 saturated heterocycles. The predicted octanol–water partition coefficient (Wildman–Crippen LogP) is 3.79. The van der Waals surface area contributed by atoms with Gasteiger partial charge in [-0.1, -0.05) is 23.7 Å². The van der Waals surface area contributed by atoms with Crippen LogP contribution in [0.25, 0.3) is 0 Å². The van der Waals surface area contributed by atoms with Crippen LogP contribution in [0.2, 0.25) is 5.02 Å². The number of likely N-dealkylation sites (tertiary alicyclic amines) is 1. The fraction of sp³-hybridized carbons (Fsp3) is 0.368. The van der Waals surface area contributed by atoms with Gasteiger partial charge >= 0.3 is 0 Å². The number of pyridine rings is 1. The van der Waals surface area contributed by atoms with Crippen molar-refractivity contribution in [3.8, 4) is 0 Å². The van der Waals surface area contributed by atoms with E-state index in [1.807, 2.05) is 4.90 Å². The number of nitro benzene ring substituents is 1. The quantitative estimate of drug-likeness (QED) is 0.414. The molecular weight excluding hydrogens is 382 g/mol. The number of nitro groups is 1. The van der Waals surface area contributed by atoms with Gasteiger partial charge in [-0.15, -0.1) is 0 Å². The minimum absolute atomic E-state index is 0.0271. The molecule has 8 nitrogen and oxygen atoms in total. The Morgan fingerprint density at radius 3 is 2.61 bits per heavy atom. The van der Waals surface area contributed by atoms with E-state index in [0.717, 1.165) is 32.4 Å². The predicted molar refractivity (Wildman–Crippen MR) is 109 cm³/mol. The van der Waals surface area contributed by atoms with E-state index in [9.17, 15) is 14.9 Å². The highest BCUT2D eigenvalue weighted by Gasteiger charge is 2.19. The molecule has 9 heteroatoms. The van der Waals surface area contributed by atoms with E-state index in [2.05, 4.69) is 15.6 Å². The number of carbonyl (C=O) groups is 1. The van der Waals surface area contributed by atoms with Gasteiger partial charge in [0.2, 0.25) is 0 Å². The highest BCUT2D eigenvalue weighted by molar-refractivity contribution is 6.33. The first-order chi connectivity index (χ1) is 13.6. The molecule has 1 aromatic heterocycles. The summed E-state index contributed by atoms with van der Waals surface area (Å²) in [6, 6.07) is 8.09. The fourth-order valence-corrected chi connectivity index (χ4v) is 3.36. The molecule has 2 heterocycles. The Kier molecular flexibility index (Phi) is 6.65. The highest BCUT2D eigenvalue weighted by Crippen LogP contribution is 2.24. The van der Waals surface area contributed by atoms with Gasteiger partial charge in [-0.05, 0) is 31.4 Å². The van der Waals surface area contributed by atoms with Gasteiger partial charge < -0.3 is 15.5 Å². The molecule has 0 unspecified atom stereocenters. The highest BCUT2D eigenvalue weighted by atomic mass is 35.5. The first kappa shape index (κ1) is 19.9. The van der Waals surface area contributed by atoms with Crippen molar-refractivity contribution in [2.75, 3.05) is 36.8 Å². The van der Waals surface area contributed by atoms with Gasteiger partial charge in [0.25, 0.3) is 11.6 Å². The van der Waals surface area contributed by atoms with Crippen molar-refractivity contribution in [3.63, 3.8) is 0 Å². The second-order valence-electron chi connectivity index (χ2n) is 6.54. The molecule has 1 amide bonds. The van der Waals surface area contributed by atoms with E-state index in [1.165, 1.54) is 12.3 Å². The second-order valence-corrected chi connectivity index (χ2v) is 6.94. The largest absolute Gasteiger partial charge is 0.378 e. The van der Waals surface area contributed by atoms with Crippen molar-refractivity contribution in [1.82, 2.24) is 9.88 Å². The molecule has 0 spiro atoms. The third-order valence-corrected chi connectivity index (χ3v) is 4.85. The zero-order valence-electron chi connectivity index (χ0n) is 15.4. The van der Waals surface area contributed by atoms with E-state index >= 15 is 0 Å². The summed E-state index contributed by atoms with van der Waals surface area (Å²) in [4.78, 5) is 29.2. The number of hydrogen-bond donors (Lipinski definition) is 2. The normalized spacial score (nSPS) is 13.8. The molecule has 148 valence electrons. The minimum atomic E-state index is -0.424. The zero-order chi connectivity index (χ0) is 19.9. The number of amides is 1. The summed E-state index contributed by atoms with van der Waals surface area (Å²) in [5, 5.41) is 17.5. The van der Waals surface area contributed by atoms with Crippen molar-refractivity contribution >= 4 is 34.7 Å². The number of halogens is 1. The lowest BCUT2D eigenvalue weighted by atomic mass is 10.1. The Labute approximate surface area is 168 Å². The maximum Gasteiger partial charge on any atom is 0.292 e. The fourth-order valence-electron chi connectivity index (χ4n) is 3.12. The number of aromatic nitrogens is 1. The molecular formula is C19H22ClN5O3. The van der Waals surface area contributed by atoms with Crippen LogP contribution in [0.1, 0.15) is 29.6 Å². The van der Waals surface area contributed by atoms with Crippen LogP contribution in [0.5, 0.6) is 0 Å². The van der Waals surface area contributed by atoms with E-state index in [0.29, 0.717) is 35.2 Å². The van der Waals surface area contributed by atoms with E-state index in [4.69, 9.17) is 11.6 Å². The monoisotopic (exact) mass is 403 g/mol. The Bertz CT molecular complexity index is 855. The lowest BCUT2D eigenvalue weighted by Gasteiger charge is -2.26. The third-order valence-electron chi connectivity index (χ3n) is 4.57. The van der Waals surface area contributed by atoms with Gasteiger partial charge in [-0.3, -0.25) is 14.9 Å². The summed E-state index contributed by atoms with van der Waals surface area (Å²) in [6.07, 6.45) is 4.74. The maximum atomic E-state index is 12.5. The van der Waals surface area contributed by atoms with Crippen LogP contribution < -0.4 is 10.6 Å². The van der Waals surface area contributed by atoms with Crippen LogP contribution in [0.15, 0.2) is 36.5 Å². The number of nitrogens with zero attached hydrogens (tertiary/aromatic N) is 3. The number of piperidine rings is 1. The molecule has 0 bridgehead atoms. The molecule has 1 fully saturated rings. The molecule has 0 saturated carbocycles. The van der Waals surface area contributed by atoms with E-state index < -0.39 is 4.92 Å². The Morgan fingerprint density at radius 2 is 1.89 bits per heavy atom. The van der Waals surface area contributed by atoms with Crippen molar-refractivity contribution in [1.29, 1.82) is 0 Å². The van der Waals surface area contributed by atoms with Gasteiger partial charge in [0.1, 0.15) is 11.5 Å². The summed E-state index contributed by atoms with van der Waals surface area (Å²) >= 11 is 6.27. The number of anilines is 2. The van der Waals surface area contributed by atoms with Crippen molar-refractivity contribution in [2.24, 2.45) is 0 Å². The molecule has 1 aliphatic rings. The van der Waals surface area contributed by atoms with Gasteiger partial charge in [0.15, 0.2) is 0 Å². The number of carbonyl (C=O) groups excluding carboxylic acids is 1. The Balaban J connectivity index is 1.54. The molecule has 3 rings (SSSR count). The molecule has 0 aliphatic carbocycles. The number of para-hydroxylation sites is 2. The summed E-state index contributed by atoms with van der Waals surface area (Å²) in [6.45, 7) is 2.44. The van der Waals surface area contributed by atoms with E-state index in [1.54, 1.807) is 24.3 Å². The van der Waals surface area contributed by atoms with Crippen LogP contribution in [0, 0.1) is 10.1 Å². The van der Waals surface area contributed by atoms with Gasteiger partial charge in [-0.25, -0.2) is 4.98 Å². The molecule has 1 aromatic carbocycles. The molecule has 1 aliphatic heterocycles. The number of rotatable bonds is 7. The number of hydrogen-bond acceptors (Lipinski definition) is 6. The van der Waals surface area contributed by atoms with Crippen molar-refractivity contribution in [2.45, 2.75) is 19.3 Å². The summed E-state index contributed by atoms with van der Waals surface area (Å²) < 4.78 is 0. The first-order valence-corrected chi connectivity index (χ1v) is 9.60. The first-order valence-electron chi connectivity index (χ1n) is 9.22. The Morgan fingerprint density at radius 1 is 1.18 bits per heavy atom. The van der Waals surface area contributed by atoms with Crippen LogP contribution >= 0.6 is 11.6 Å². The molecule has 0 atom stereocenters. The van der Waals surface area contributed by atoms with Gasteiger partial charge in [0, 0.05) is 38.4 Å². The average molecular weight is 404 g/mol. The molecule has 28 heavy (non-hydrogen) atoms. The summed E-state index contributed by atoms with van der Waals surface area (Å²) in [7, 11) is 0. The topological polar surface area (TPSA) is 100 Å². The lowest BCUT2D eigenvalue weighted by Crippen LogP contribution is -2.35. The van der Waals surface area contributed by atoms with Gasteiger partial charge in [-0.2, -0.15) is 0 Å². The van der Waals surface area contributed by atoms with Crippen LogP contribution in [-0.4, -0.2) is 46.9 Å². The number of nitrogens with one attached hydrogen (secondary N) is 2. The van der Waals surface area contributed by atoms with Crippen molar-refractivity contribution < 1.29 is 9.72 Å². The smallest absolute Gasteiger partial charge is 0.292 e. The standard InChI is InChI=1S/C19H22ClN5O3/c20-15-12-14(19(26)24-10-4-1-5-11-24)13-23-18(15)22-9-8-21-16-6-2-3-7-17(16)25(27)28/h2-3,6-7,12-13,21H,1,4-5,8-11H2,(H,22,23). The summed E-state index contributed by atoms with van der Waals surface area (Å²) in [5.74, 6) is 0.430. The van der Waals surface area contributed by atoms with Crippen molar-refractivity contribution in [3.05, 3.63) is 57.2 Å². The molecule has 2 aromatic rings. The average Bonchev–Trinajstić information content (AvgIpc) is 2.72. The maximum absolute atomic E-state index is 12.5. The second kappa shape index (κ2) is 9.36. The van der Waals surface area contributed by atoms with Crippen LogP contribution in [-0.2, 0) is 0 Å². The summed E-state index contributed by atoms with van der Waals surface area (Å²) in [5.41, 5.74) is 0.963. The van der Waals surface area contributed by atoms with Crippen LogP contribution in [0.3, 0.4) is 0 Å². The van der Waals surface area contributed by atoms with Gasteiger partial charge in [0.05, 0.1) is 15.5 Å². The molecule has 2 N–H and O–H groups in total. The lowest BCUT2D eigenvalue weighted by molar-refractivity contribution is -0.384.